The molecule has 0 amide bonds. The van der Waals surface area contributed by atoms with Crippen LogP contribution in [-0.2, 0) is 6.42 Å². The SMILES string of the molecule is NCCc1c(F)cccc1Sc1ccc(F)cc1F. The smallest absolute Gasteiger partial charge is 0.140 e. The fourth-order valence-electron chi connectivity index (χ4n) is 1.70. The Morgan fingerprint density at radius 1 is 0.947 bits per heavy atom. The molecule has 19 heavy (non-hydrogen) atoms. The number of nitrogens with two attached hydrogens (primary N) is 1. The molecule has 2 N–H and O–H groups in total. The lowest BCUT2D eigenvalue weighted by atomic mass is 10.1. The van der Waals surface area contributed by atoms with Gasteiger partial charge in [-0.15, -0.1) is 0 Å². The minimum atomic E-state index is -0.659. The number of rotatable bonds is 4. The molecule has 0 bridgehead atoms. The van der Waals surface area contributed by atoms with Crippen molar-refractivity contribution in [2.45, 2.75) is 16.2 Å². The molecular formula is C14H12F3NS. The number of benzene rings is 2. The topological polar surface area (TPSA) is 26.0 Å². The summed E-state index contributed by atoms with van der Waals surface area (Å²) in [7, 11) is 0. The van der Waals surface area contributed by atoms with Gasteiger partial charge in [0.2, 0.25) is 0 Å². The molecule has 100 valence electrons. The fraction of sp³-hybridized carbons (Fsp3) is 0.143. The Hall–Kier alpha value is -1.46. The number of halogens is 3. The quantitative estimate of drug-likeness (QED) is 0.924. The van der Waals surface area contributed by atoms with Crippen LogP contribution >= 0.6 is 11.8 Å². The van der Waals surface area contributed by atoms with E-state index in [-0.39, 0.29) is 10.7 Å². The summed E-state index contributed by atoms with van der Waals surface area (Å²) in [6, 6.07) is 7.92. The van der Waals surface area contributed by atoms with Crippen molar-refractivity contribution in [3.8, 4) is 0 Å². The molecule has 0 radical (unpaired) electrons. The third kappa shape index (κ3) is 3.30. The van der Waals surface area contributed by atoms with Gasteiger partial charge >= 0.3 is 0 Å². The second-order valence-corrected chi connectivity index (χ2v) is 5.02. The standard InChI is InChI=1S/C14H12F3NS/c15-9-4-5-14(12(17)8-9)19-13-3-1-2-11(16)10(13)6-7-18/h1-5,8H,6-7,18H2. The third-order valence-corrected chi connectivity index (χ3v) is 3.74. The lowest BCUT2D eigenvalue weighted by Gasteiger charge is -2.10. The lowest BCUT2D eigenvalue weighted by molar-refractivity contribution is 0.565. The van der Waals surface area contributed by atoms with Gasteiger partial charge in [0.15, 0.2) is 0 Å². The molecule has 0 saturated carbocycles. The Morgan fingerprint density at radius 3 is 2.42 bits per heavy atom. The Balaban J connectivity index is 2.35. The molecule has 5 heteroatoms. The molecule has 2 aromatic carbocycles. The van der Waals surface area contributed by atoms with Crippen LogP contribution in [0, 0.1) is 17.5 Å². The zero-order chi connectivity index (χ0) is 13.8. The molecule has 0 aliphatic carbocycles. The first-order valence-electron chi connectivity index (χ1n) is 5.72. The van der Waals surface area contributed by atoms with Gasteiger partial charge < -0.3 is 5.73 Å². The van der Waals surface area contributed by atoms with Crippen LogP contribution in [0.15, 0.2) is 46.2 Å². The van der Waals surface area contributed by atoms with Crippen LogP contribution in [-0.4, -0.2) is 6.54 Å². The molecule has 0 saturated heterocycles. The van der Waals surface area contributed by atoms with Crippen LogP contribution in [0.5, 0.6) is 0 Å². The van der Waals surface area contributed by atoms with Crippen molar-refractivity contribution in [3.05, 3.63) is 59.4 Å². The highest BCUT2D eigenvalue weighted by molar-refractivity contribution is 7.99. The van der Waals surface area contributed by atoms with Gasteiger partial charge in [0.1, 0.15) is 17.5 Å². The predicted octanol–water partition coefficient (Wildman–Crippen LogP) is 3.76. The largest absolute Gasteiger partial charge is 0.330 e. The normalized spacial score (nSPS) is 10.7. The molecule has 0 heterocycles. The van der Waals surface area contributed by atoms with E-state index in [2.05, 4.69) is 0 Å². The van der Waals surface area contributed by atoms with E-state index < -0.39 is 11.6 Å². The summed E-state index contributed by atoms with van der Waals surface area (Å²) in [4.78, 5) is 0.848. The lowest BCUT2D eigenvalue weighted by Crippen LogP contribution is -2.05. The van der Waals surface area contributed by atoms with E-state index >= 15 is 0 Å². The first-order chi connectivity index (χ1) is 9.11. The van der Waals surface area contributed by atoms with Crippen LogP contribution in [0.1, 0.15) is 5.56 Å². The first-order valence-corrected chi connectivity index (χ1v) is 6.54. The fourth-order valence-corrected chi connectivity index (χ4v) is 2.70. The molecule has 0 aliphatic rings. The summed E-state index contributed by atoms with van der Waals surface area (Å²) >= 11 is 1.07. The average Bonchev–Trinajstić information content (AvgIpc) is 2.37. The average molecular weight is 283 g/mol. The molecule has 0 atom stereocenters. The molecule has 0 aliphatic heterocycles. The summed E-state index contributed by atoms with van der Waals surface area (Å²) in [5, 5.41) is 0. The Bertz CT molecular complexity index is 587. The van der Waals surface area contributed by atoms with Crippen LogP contribution in [0.25, 0.3) is 0 Å². The van der Waals surface area contributed by atoms with Crippen molar-refractivity contribution in [1.29, 1.82) is 0 Å². The second kappa shape index (κ2) is 6.12. The van der Waals surface area contributed by atoms with E-state index in [0.717, 1.165) is 17.8 Å². The van der Waals surface area contributed by atoms with Gasteiger partial charge in [-0.1, -0.05) is 17.8 Å². The van der Waals surface area contributed by atoms with E-state index in [1.54, 1.807) is 12.1 Å². The van der Waals surface area contributed by atoms with Crippen molar-refractivity contribution >= 4 is 11.8 Å². The van der Waals surface area contributed by atoms with E-state index in [1.807, 2.05) is 0 Å². The minimum absolute atomic E-state index is 0.255. The maximum atomic E-state index is 13.7. The van der Waals surface area contributed by atoms with Gasteiger partial charge in [0.25, 0.3) is 0 Å². The summed E-state index contributed by atoms with van der Waals surface area (Å²) in [6.45, 7) is 0.306. The molecule has 0 fully saturated rings. The number of hydrogen-bond donors (Lipinski definition) is 1. The van der Waals surface area contributed by atoms with Crippen LogP contribution in [0.2, 0.25) is 0 Å². The highest BCUT2D eigenvalue weighted by Crippen LogP contribution is 2.33. The van der Waals surface area contributed by atoms with E-state index in [0.29, 0.717) is 23.4 Å². The highest BCUT2D eigenvalue weighted by Gasteiger charge is 2.11. The number of hydrogen-bond acceptors (Lipinski definition) is 2. The predicted molar refractivity (Wildman–Crippen MR) is 69.6 cm³/mol. The Kier molecular flexibility index (Phi) is 4.50. The van der Waals surface area contributed by atoms with Gasteiger partial charge in [0.05, 0.1) is 0 Å². The zero-order valence-corrected chi connectivity index (χ0v) is 10.8. The minimum Gasteiger partial charge on any atom is -0.330 e. The van der Waals surface area contributed by atoms with Gasteiger partial charge in [0, 0.05) is 21.4 Å². The summed E-state index contributed by atoms with van der Waals surface area (Å²) < 4.78 is 40.1. The monoisotopic (exact) mass is 283 g/mol. The maximum absolute atomic E-state index is 13.7. The molecule has 0 aromatic heterocycles. The summed E-state index contributed by atoms with van der Waals surface area (Å²) in [5.41, 5.74) is 5.90. The van der Waals surface area contributed by atoms with Gasteiger partial charge in [-0.2, -0.15) is 0 Å². The van der Waals surface area contributed by atoms with Crippen LogP contribution in [0.4, 0.5) is 13.2 Å². The summed E-state index contributed by atoms with van der Waals surface area (Å²) in [6.07, 6.45) is 0.373. The van der Waals surface area contributed by atoms with Gasteiger partial charge in [-0.05, 0) is 37.2 Å². The Morgan fingerprint density at radius 2 is 1.74 bits per heavy atom. The molecule has 1 nitrogen and oxygen atoms in total. The molecule has 2 aromatic rings. The van der Waals surface area contributed by atoms with Crippen molar-refractivity contribution in [2.75, 3.05) is 6.54 Å². The van der Waals surface area contributed by atoms with Crippen LogP contribution < -0.4 is 5.73 Å². The van der Waals surface area contributed by atoms with Gasteiger partial charge in [-0.25, -0.2) is 13.2 Å². The van der Waals surface area contributed by atoms with Gasteiger partial charge in [-0.3, -0.25) is 0 Å². The highest BCUT2D eigenvalue weighted by atomic mass is 32.2. The maximum Gasteiger partial charge on any atom is 0.140 e. The molecular weight excluding hydrogens is 271 g/mol. The van der Waals surface area contributed by atoms with E-state index in [1.165, 1.54) is 18.2 Å². The van der Waals surface area contributed by atoms with E-state index in [9.17, 15) is 13.2 Å². The first kappa shape index (κ1) is 14.0. The van der Waals surface area contributed by atoms with Crippen molar-refractivity contribution in [2.24, 2.45) is 5.73 Å². The summed E-state index contributed by atoms with van der Waals surface area (Å²) in [5.74, 6) is -1.66. The Labute approximate surface area is 113 Å². The zero-order valence-electron chi connectivity index (χ0n) is 10.00. The van der Waals surface area contributed by atoms with Crippen molar-refractivity contribution < 1.29 is 13.2 Å². The van der Waals surface area contributed by atoms with Crippen LogP contribution in [0.3, 0.4) is 0 Å². The molecule has 0 unspecified atom stereocenters. The van der Waals surface area contributed by atoms with E-state index in [4.69, 9.17) is 5.73 Å². The molecule has 0 spiro atoms. The molecule has 2 rings (SSSR count). The second-order valence-electron chi connectivity index (χ2n) is 3.93. The van der Waals surface area contributed by atoms with Crippen molar-refractivity contribution in [3.63, 3.8) is 0 Å². The van der Waals surface area contributed by atoms with Crippen molar-refractivity contribution in [1.82, 2.24) is 0 Å². The third-order valence-electron chi connectivity index (χ3n) is 2.58.